The van der Waals surface area contributed by atoms with E-state index in [4.69, 9.17) is 14.2 Å². The zero-order chi connectivity index (χ0) is 24.1. The van der Waals surface area contributed by atoms with Gasteiger partial charge in [-0.25, -0.2) is 0 Å². The molecule has 0 aromatic heterocycles. The van der Waals surface area contributed by atoms with Crippen molar-refractivity contribution >= 4 is 11.6 Å². The minimum atomic E-state index is 0.0656. The highest BCUT2D eigenvalue weighted by molar-refractivity contribution is 5.73. The van der Waals surface area contributed by atoms with Gasteiger partial charge in [-0.2, -0.15) is 0 Å². The summed E-state index contributed by atoms with van der Waals surface area (Å²) in [6, 6.07) is 22.6. The maximum absolute atomic E-state index is 12.5. The summed E-state index contributed by atoms with van der Waals surface area (Å²) in [6.07, 6.45) is 0.779. The van der Waals surface area contributed by atoms with Crippen molar-refractivity contribution in [3.8, 4) is 17.2 Å². The molecule has 0 saturated carbocycles. The molecular weight excluding hydrogens is 428 g/mol. The highest BCUT2D eigenvalue weighted by Crippen LogP contribution is 2.38. The van der Waals surface area contributed by atoms with E-state index < -0.39 is 0 Å². The lowest BCUT2D eigenvalue weighted by Crippen LogP contribution is -2.30. The van der Waals surface area contributed by atoms with Crippen LogP contribution < -0.4 is 19.1 Å². The number of ether oxygens (including phenoxy) is 3. The molecular formula is C28H32N2O4. The Labute approximate surface area is 201 Å². The molecule has 6 heteroatoms. The lowest BCUT2D eigenvalue weighted by molar-refractivity contribution is -0.129. The van der Waals surface area contributed by atoms with E-state index in [0.717, 1.165) is 40.5 Å². The molecule has 3 aromatic rings. The molecule has 1 aliphatic heterocycles. The zero-order valence-electron chi connectivity index (χ0n) is 20.3. The van der Waals surface area contributed by atoms with Crippen LogP contribution in [0.25, 0.3) is 0 Å². The molecule has 1 heterocycles. The van der Waals surface area contributed by atoms with E-state index in [0.29, 0.717) is 13.1 Å². The molecule has 34 heavy (non-hydrogen) atoms. The Morgan fingerprint density at radius 1 is 0.941 bits per heavy atom. The maximum atomic E-state index is 12.5. The van der Waals surface area contributed by atoms with Gasteiger partial charge in [0.2, 0.25) is 12.7 Å². The van der Waals surface area contributed by atoms with E-state index in [9.17, 15) is 4.79 Å². The van der Waals surface area contributed by atoms with Crippen LogP contribution in [0.2, 0.25) is 0 Å². The molecule has 0 aliphatic carbocycles. The maximum Gasteiger partial charge on any atom is 0.231 e. The number of hydrogen-bond acceptors (Lipinski definition) is 5. The Morgan fingerprint density at radius 3 is 2.26 bits per heavy atom. The molecule has 3 aromatic carbocycles. The molecule has 0 fully saturated rings. The van der Waals surface area contributed by atoms with Crippen LogP contribution in [-0.2, 0) is 11.3 Å². The fraction of sp³-hybridized carbons (Fsp3) is 0.321. The van der Waals surface area contributed by atoms with Crippen LogP contribution >= 0.6 is 0 Å². The number of anilines is 1. The van der Waals surface area contributed by atoms with Gasteiger partial charge in [0.05, 0.1) is 7.11 Å². The van der Waals surface area contributed by atoms with Gasteiger partial charge in [-0.3, -0.25) is 4.79 Å². The number of benzene rings is 3. The average molecular weight is 461 g/mol. The molecule has 1 aliphatic rings. The fourth-order valence-corrected chi connectivity index (χ4v) is 4.24. The summed E-state index contributed by atoms with van der Waals surface area (Å²) in [5, 5.41) is 0. The van der Waals surface area contributed by atoms with Crippen LogP contribution in [0, 0.1) is 0 Å². The Bertz CT molecular complexity index is 1110. The summed E-state index contributed by atoms with van der Waals surface area (Å²) >= 11 is 0. The molecule has 1 unspecified atom stereocenters. The number of amides is 1. The van der Waals surface area contributed by atoms with Crippen LogP contribution in [-0.4, -0.2) is 45.3 Å². The standard InChI is InChI=1S/C28H32N2O4/c1-20(31)30(18-21-5-10-24(11-6-21)29(2)3)16-15-26(22-7-12-25(32-4)13-8-22)23-9-14-27-28(17-23)34-19-33-27/h5-14,17,26H,15-16,18-19H2,1-4H3. The summed E-state index contributed by atoms with van der Waals surface area (Å²) in [4.78, 5) is 16.5. The largest absolute Gasteiger partial charge is 0.497 e. The van der Waals surface area contributed by atoms with Crippen molar-refractivity contribution < 1.29 is 19.0 Å². The van der Waals surface area contributed by atoms with Crippen LogP contribution in [0.3, 0.4) is 0 Å². The van der Waals surface area contributed by atoms with Crippen molar-refractivity contribution in [1.82, 2.24) is 4.90 Å². The van der Waals surface area contributed by atoms with E-state index in [1.165, 1.54) is 5.56 Å². The summed E-state index contributed by atoms with van der Waals surface area (Å²) in [6.45, 7) is 3.10. The van der Waals surface area contributed by atoms with Crippen molar-refractivity contribution in [2.45, 2.75) is 25.8 Å². The first-order valence-electron chi connectivity index (χ1n) is 11.5. The van der Waals surface area contributed by atoms with Gasteiger partial charge in [-0.05, 0) is 59.5 Å². The third-order valence-electron chi connectivity index (χ3n) is 6.28. The van der Waals surface area contributed by atoms with Gasteiger partial charge in [0.15, 0.2) is 11.5 Å². The summed E-state index contributed by atoms with van der Waals surface area (Å²) in [5.74, 6) is 2.51. The average Bonchev–Trinajstić information content (AvgIpc) is 3.32. The molecule has 6 nitrogen and oxygen atoms in total. The molecule has 0 bridgehead atoms. The van der Waals surface area contributed by atoms with Crippen LogP contribution in [0.15, 0.2) is 66.7 Å². The van der Waals surface area contributed by atoms with Crippen molar-refractivity contribution in [2.75, 3.05) is 39.4 Å². The first kappa shape index (κ1) is 23.5. The minimum Gasteiger partial charge on any atom is -0.497 e. The SMILES string of the molecule is COc1ccc(C(CCN(Cc2ccc(N(C)C)cc2)C(C)=O)c2ccc3c(c2)OCO3)cc1. The number of methoxy groups -OCH3 is 1. The molecule has 1 atom stereocenters. The van der Waals surface area contributed by atoms with Crippen LogP contribution in [0.4, 0.5) is 5.69 Å². The van der Waals surface area contributed by atoms with Crippen LogP contribution in [0.1, 0.15) is 36.0 Å². The van der Waals surface area contributed by atoms with E-state index in [2.05, 4.69) is 53.4 Å². The van der Waals surface area contributed by atoms with Gasteiger partial charge < -0.3 is 24.0 Å². The van der Waals surface area contributed by atoms with Gasteiger partial charge in [-0.1, -0.05) is 30.3 Å². The highest BCUT2D eigenvalue weighted by atomic mass is 16.7. The van der Waals surface area contributed by atoms with E-state index in [-0.39, 0.29) is 18.6 Å². The topological polar surface area (TPSA) is 51.2 Å². The van der Waals surface area contributed by atoms with Crippen molar-refractivity contribution in [3.05, 3.63) is 83.4 Å². The molecule has 4 rings (SSSR count). The van der Waals surface area contributed by atoms with Gasteiger partial charge >= 0.3 is 0 Å². The predicted octanol–water partition coefficient (Wildman–Crippen LogP) is 5.06. The van der Waals surface area contributed by atoms with E-state index in [1.807, 2.05) is 37.2 Å². The number of nitrogens with zero attached hydrogens (tertiary/aromatic N) is 2. The second-order valence-corrected chi connectivity index (χ2v) is 8.73. The monoisotopic (exact) mass is 460 g/mol. The van der Waals surface area contributed by atoms with E-state index >= 15 is 0 Å². The smallest absolute Gasteiger partial charge is 0.231 e. The third kappa shape index (κ3) is 5.45. The predicted molar refractivity (Wildman–Crippen MR) is 134 cm³/mol. The summed E-state index contributed by atoms with van der Waals surface area (Å²) < 4.78 is 16.5. The van der Waals surface area contributed by atoms with Crippen molar-refractivity contribution in [3.63, 3.8) is 0 Å². The van der Waals surface area contributed by atoms with Crippen molar-refractivity contribution in [2.24, 2.45) is 0 Å². The number of rotatable bonds is 9. The second kappa shape index (κ2) is 10.5. The van der Waals surface area contributed by atoms with Gasteiger partial charge in [0, 0.05) is 45.7 Å². The number of hydrogen-bond donors (Lipinski definition) is 0. The van der Waals surface area contributed by atoms with E-state index in [1.54, 1.807) is 14.0 Å². The van der Waals surface area contributed by atoms with Gasteiger partial charge in [0.25, 0.3) is 0 Å². The molecule has 0 saturated heterocycles. The molecule has 0 N–H and O–H groups in total. The molecule has 1 amide bonds. The first-order valence-corrected chi connectivity index (χ1v) is 11.5. The Hall–Kier alpha value is -3.67. The lowest BCUT2D eigenvalue weighted by atomic mass is 9.88. The quantitative estimate of drug-likeness (QED) is 0.447. The Balaban J connectivity index is 1.55. The Morgan fingerprint density at radius 2 is 1.62 bits per heavy atom. The van der Waals surface area contributed by atoms with Crippen LogP contribution in [0.5, 0.6) is 17.2 Å². The summed E-state index contributed by atoms with van der Waals surface area (Å²) in [5.41, 5.74) is 4.55. The normalized spacial score (nSPS) is 12.8. The zero-order valence-corrected chi connectivity index (χ0v) is 20.3. The third-order valence-corrected chi connectivity index (χ3v) is 6.28. The second-order valence-electron chi connectivity index (χ2n) is 8.73. The van der Waals surface area contributed by atoms with Gasteiger partial charge in [-0.15, -0.1) is 0 Å². The lowest BCUT2D eigenvalue weighted by Gasteiger charge is -2.26. The minimum absolute atomic E-state index is 0.0656. The molecule has 0 spiro atoms. The summed E-state index contributed by atoms with van der Waals surface area (Å²) in [7, 11) is 5.71. The fourth-order valence-electron chi connectivity index (χ4n) is 4.24. The molecule has 0 radical (unpaired) electrons. The first-order chi connectivity index (χ1) is 16.4. The number of carbonyl (C=O) groups excluding carboxylic acids is 1. The number of fused-ring (bicyclic) bond motifs is 1. The van der Waals surface area contributed by atoms with Crippen molar-refractivity contribution in [1.29, 1.82) is 0 Å². The Kier molecular flexibility index (Phi) is 7.26. The number of carbonyl (C=O) groups is 1. The highest BCUT2D eigenvalue weighted by Gasteiger charge is 2.21. The molecule has 178 valence electrons. The van der Waals surface area contributed by atoms with Gasteiger partial charge in [0.1, 0.15) is 5.75 Å².